The molecule has 0 aliphatic heterocycles. The van der Waals surface area contributed by atoms with Crippen molar-refractivity contribution in [3.63, 3.8) is 0 Å². The molecular weight excluding hydrogens is 258 g/mol. The third-order valence-corrected chi connectivity index (χ3v) is 4.17. The van der Waals surface area contributed by atoms with Gasteiger partial charge in [-0.25, -0.2) is 4.98 Å². The lowest BCUT2D eigenvalue weighted by molar-refractivity contribution is 0.0941. The van der Waals surface area contributed by atoms with Gasteiger partial charge in [-0.05, 0) is 38.6 Å². The number of ketones is 1. The first-order valence-corrected chi connectivity index (χ1v) is 7.35. The second-order valence-corrected chi connectivity index (χ2v) is 5.51. The third-order valence-electron chi connectivity index (χ3n) is 3.12. The molecule has 102 valence electrons. The maximum Gasteiger partial charge on any atom is 0.208 e. The molecule has 2 aromatic rings. The molecule has 0 bridgehead atoms. The van der Waals surface area contributed by atoms with Crippen LogP contribution in [0.15, 0.2) is 24.3 Å². The van der Waals surface area contributed by atoms with E-state index in [1.54, 1.807) is 0 Å². The van der Waals surface area contributed by atoms with E-state index in [1.807, 2.05) is 31.3 Å². The molecule has 3 N–H and O–H groups in total. The van der Waals surface area contributed by atoms with E-state index in [2.05, 4.69) is 10.3 Å². The SMILES string of the molecule is CN[C@@H](CCCCN)C(=O)c1nc2ccccc2s1. The van der Waals surface area contributed by atoms with Crippen LogP contribution in [0.1, 0.15) is 29.1 Å². The maximum absolute atomic E-state index is 12.4. The molecule has 0 saturated heterocycles. The summed E-state index contributed by atoms with van der Waals surface area (Å²) in [5.41, 5.74) is 6.37. The highest BCUT2D eigenvalue weighted by Gasteiger charge is 2.21. The summed E-state index contributed by atoms with van der Waals surface area (Å²) in [5, 5.41) is 3.67. The molecule has 1 heterocycles. The number of carbonyl (C=O) groups excluding carboxylic acids is 1. The fourth-order valence-corrected chi connectivity index (χ4v) is 2.99. The minimum absolute atomic E-state index is 0.0840. The van der Waals surface area contributed by atoms with E-state index in [-0.39, 0.29) is 11.8 Å². The van der Waals surface area contributed by atoms with Gasteiger partial charge in [0.05, 0.1) is 16.3 Å². The number of Topliss-reactive ketones (excluding diaryl/α,β-unsaturated/α-hetero) is 1. The molecular formula is C14H19N3OS. The predicted octanol–water partition coefficient (Wildman–Crippen LogP) is 2.20. The molecule has 1 atom stereocenters. The van der Waals surface area contributed by atoms with Gasteiger partial charge in [0.25, 0.3) is 0 Å². The molecule has 0 saturated carbocycles. The van der Waals surface area contributed by atoms with Crippen molar-refractivity contribution in [2.45, 2.75) is 25.3 Å². The van der Waals surface area contributed by atoms with E-state index in [1.165, 1.54) is 11.3 Å². The van der Waals surface area contributed by atoms with Gasteiger partial charge in [-0.3, -0.25) is 4.79 Å². The minimum atomic E-state index is -0.160. The van der Waals surface area contributed by atoms with Gasteiger partial charge in [-0.1, -0.05) is 18.6 Å². The smallest absolute Gasteiger partial charge is 0.208 e. The number of fused-ring (bicyclic) bond motifs is 1. The molecule has 19 heavy (non-hydrogen) atoms. The number of nitrogens with zero attached hydrogens (tertiary/aromatic N) is 1. The summed E-state index contributed by atoms with van der Waals surface area (Å²) < 4.78 is 1.06. The second-order valence-electron chi connectivity index (χ2n) is 4.48. The minimum Gasteiger partial charge on any atom is -0.330 e. The number of thiazole rings is 1. The number of benzene rings is 1. The Kier molecular flexibility index (Phi) is 5.01. The fourth-order valence-electron chi connectivity index (χ4n) is 2.03. The lowest BCUT2D eigenvalue weighted by Gasteiger charge is -2.12. The monoisotopic (exact) mass is 277 g/mol. The molecule has 0 unspecified atom stereocenters. The van der Waals surface area contributed by atoms with Crippen LogP contribution in [-0.4, -0.2) is 30.4 Å². The van der Waals surface area contributed by atoms with E-state index < -0.39 is 0 Å². The van der Waals surface area contributed by atoms with Crippen molar-refractivity contribution >= 4 is 27.3 Å². The predicted molar refractivity (Wildman–Crippen MR) is 79.7 cm³/mol. The number of rotatable bonds is 7. The molecule has 0 aliphatic carbocycles. The fraction of sp³-hybridized carbons (Fsp3) is 0.429. The Morgan fingerprint density at radius 3 is 2.89 bits per heavy atom. The number of nitrogens with one attached hydrogen (secondary N) is 1. The number of para-hydroxylation sites is 1. The quantitative estimate of drug-likeness (QED) is 0.601. The van der Waals surface area contributed by atoms with Gasteiger partial charge in [0.1, 0.15) is 0 Å². The van der Waals surface area contributed by atoms with Crippen LogP contribution in [0, 0.1) is 0 Å². The average Bonchev–Trinajstić information content (AvgIpc) is 2.87. The number of carbonyl (C=O) groups is 1. The molecule has 1 aromatic carbocycles. The van der Waals surface area contributed by atoms with Crippen molar-refractivity contribution < 1.29 is 4.79 Å². The summed E-state index contributed by atoms with van der Waals surface area (Å²) in [4.78, 5) is 16.8. The van der Waals surface area contributed by atoms with Gasteiger partial charge in [0.2, 0.25) is 5.78 Å². The molecule has 2 rings (SSSR count). The Hall–Kier alpha value is -1.30. The van der Waals surface area contributed by atoms with Crippen LogP contribution in [0.5, 0.6) is 0 Å². The number of hydrogen-bond acceptors (Lipinski definition) is 5. The number of aromatic nitrogens is 1. The zero-order valence-electron chi connectivity index (χ0n) is 11.1. The largest absolute Gasteiger partial charge is 0.330 e. The summed E-state index contributed by atoms with van der Waals surface area (Å²) in [6.45, 7) is 0.672. The topological polar surface area (TPSA) is 68.0 Å². The Bertz CT molecular complexity index is 519. The summed E-state index contributed by atoms with van der Waals surface area (Å²) in [5.74, 6) is 0.0840. The van der Waals surface area contributed by atoms with E-state index in [0.29, 0.717) is 11.6 Å². The van der Waals surface area contributed by atoms with Gasteiger partial charge in [-0.2, -0.15) is 0 Å². The lowest BCUT2D eigenvalue weighted by atomic mass is 10.1. The number of hydrogen-bond donors (Lipinski definition) is 2. The third kappa shape index (κ3) is 3.37. The average molecular weight is 277 g/mol. The van der Waals surface area contributed by atoms with Crippen molar-refractivity contribution in [3.05, 3.63) is 29.3 Å². The van der Waals surface area contributed by atoms with Crippen LogP contribution in [0.3, 0.4) is 0 Å². The van der Waals surface area contributed by atoms with Crippen molar-refractivity contribution in [2.75, 3.05) is 13.6 Å². The van der Waals surface area contributed by atoms with Crippen LogP contribution < -0.4 is 11.1 Å². The number of unbranched alkanes of at least 4 members (excludes halogenated alkanes) is 1. The molecule has 0 radical (unpaired) electrons. The standard InChI is InChI=1S/C14H19N3OS/c1-16-11(7-4-5-9-15)13(18)14-17-10-6-2-3-8-12(10)19-14/h2-3,6,8,11,16H,4-5,7,9,15H2,1H3/t11-/m0/s1. The number of likely N-dealkylation sites (N-methyl/N-ethyl adjacent to an activating group) is 1. The first kappa shape index (κ1) is 14.1. The lowest BCUT2D eigenvalue weighted by Crippen LogP contribution is -2.34. The van der Waals surface area contributed by atoms with E-state index in [4.69, 9.17) is 5.73 Å². The van der Waals surface area contributed by atoms with Gasteiger partial charge in [-0.15, -0.1) is 11.3 Å². The Morgan fingerprint density at radius 1 is 1.42 bits per heavy atom. The molecule has 0 amide bonds. The van der Waals surface area contributed by atoms with E-state index in [9.17, 15) is 4.79 Å². The van der Waals surface area contributed by atoms with Gasteiger partial charge in [0, 0.05) is 0 Å². The maximum atomic E-state index is 12.4. The van der Waals surface area contributed by atoms with Crippen LogP contribution >= 0.6 is 11.3 Å². The zero-order valence-corrected chi connectivity index (χ0v) is 11.9. The first-order valence-electron chi connectivity index (χ1n) is 6.53. The Balaban J connectivity index is 2.12. The number of nitrogens with two attached hydrogens (primary N) is 1. The molecule has 5 heteroatoms. The van der Waals surface area contributed by atoms with Gasteiger partial charge in [0.15, 0.2) is 5.01 Å². The summed E-state index contributed by atoms with van der Waals surface area (Å²) in [6.07, 6.45) is 2.71. The van der Waals surface area contributed by atoms with Crippen molar-refractivity contribution in [1.29, 1.82) is 0 Å². The van der Waals surface area contributed by atoms with Crippen LogP contribution in [-0.2, 0) is 0 Å². The zero-order chi connectivity index (χ0) is 13.7. The van der Waals surface area contributed by atoms with Crippen LogP contribution in [0.25, 0.3) is 10.2 Å². The van der Waals surface area contributed by atoms with Gasteiger partial charge < -0.3 is 11.1 Å². The van der Waals surface area contributed by atoms with Crippen LogP contribution in [0.2, 0.25) is 0 Å². The molecule has 0 fully saturated rings. The van der Waals surface area contributed by atoms with Crippen LogP contribution in [0.4, 0.5) is 0 Å². The molecule has 0 spiro atoms. The van der Waals surface area contributed by atoms with E-state index in [0.717, 1.165) is 29.5 Å². The highest BCUT2D eigenvalue weighted by molar-refractivity contribution is 7.20. The Labute approximate surface area is 117 Å². The highest BCUT2D eigenvalue weighted by atomic mass is 32.1. The summed E-state index contributed by atoms with van der Waals surface area (Å²) in [6, 6.07) is 7.67. The summed E-state index contributed by atoms with van der Waals surface area (Å²) >= 11 is 1.46. The molecule has 0 aliphatic rings. The molecule has 1 aromatic heterocycles. The van der Waals surface area contributed by atoms with Crippen molar-refractivity contribution in [1.82, 2.24) is 10.3 Å². The Morgan fingerprint density at radius 2 is 2.21 bits per heavy atom. The normalized spacial score (nSPS) is 12.7. The second kappa shape index (κ2) is 6.75. The van der Waals surface area contributed by atoms with Crippen molar-refractivity contribution in [2.24, 2.45) is 5.73 Å². The highest BCUT2D eigenvalue weighted by Crippen LogP contribution is 2.23. The van der Waals surface area contributed by atoms with Gasteiger partial charge >= 0.3 is 0 Å². The summed E-state index contributed by atoms with van der Waals surface area (Å²) in [7, 11) is 1.82. The first-order chi connectivity index (χ1) is 9.26. The van der Waals surface area contributed by atoms with Crippen molar-refractivity contribution in [3.8, 4) is 0 Å². The van der Waals surface area contributed by atoms with E-state index >= 15 is 0 Å². The molecule has 4 nitrogen and oxygen atoms in total.